The number of hydrogen-bond acceptors (Lipinski definition) is 18. The van der Waals surface area contributed by atoms with Gasteiger partial charge in [0.2, 0.25) is 0 Å². The number of ether oxygens (including phenoxy) is 2. The molecule has 0 saturated heterocycles. The second kappa shape index (κ2) is 40.9. The number of aromatic amines is 4. The summed E-state index contributed by atoms with van der Waals surface area (Å²) in [6.45, 7) is 40.9. The fourth-order valence-electron chi connectivity index (χ4n) is 15.8. The van der Waals surface area contributed by atoms with Crippen LogP contribution in [-0.2, 0) is 54.7 Å². The number of nitrogens with one attached hydrogen (secondary N) is 4. The molecule has 3 atom stereocenters. The van der Waals surface area contributed by atoms with Crippen LogP contribution in [-0.4, -0.2) is 97.5 Å². The number of rotatable bonds is 27. The van der Waals surface area contributed by atoms with Crippen LogP contribution in [0.2, 0.25) is 5.02 Å². The summed E-state index contributed by atoms with van der Waals surface area (Å²) in [6.07, 6.45) is 6.84. The molecule has 4 N–H and O–H groups in total. The van der Waals surface area contributed by atoms with Gasteiger partial charge in [0, 0.05) is 44.2 Å². The van der Waals surface area contributed by atoms with Crippen molar-refractivity contribution in [3.05, 3.63) is 320 Å². The van der Waals surface area contributed by atoms with E-state index in [0.717, 1.165) is 107 Å². The molecule has 6 aliphatic rings. The first-order valence-electron chi connectivity index (χ1n) is 43.7. The molecule has 0 bridgehead atoms. The third kappa shape index (κ3) is 21.9. The Bertz CT molecular complexity index is 6800. The van der Waals surface area contributed by atoms with Gasteiger partial charge in [-0.1, -0.05) is 221 Å². The molecule has 0 amide bonds. The van der Waals surface area contributed by atoms with Gasteiger partial charge in [0.15, 0.2) is 45.4 Å². The highest BCUT2D eigenvalue weighted by atomic mass is 35.5. The Kier molecular flexibility index (Phi) is 29.5. The van der Waals surface area contributed by atoms with Crippen LogP contribution in [0.3, 0.4) is 0 Å². The SMILES string of the molecule is C=c1nc2c(c(=O)[nH]1)=Nc1cc(C(C)C)ccc1N2CC(Cc1ccc(Cl)cc1)OCC(C)C.C=c1nc2c(c(=O)[nH]1)=Nc1cc(C(C)C)ccc1N2CCCc1ccccc1CC.CCC(C)c1ccc2c(c1)nc1c(=O)[nH]c(=O)nc-1n2CCCc1ccc(C)cc1.CCOC(Cc1ccc(C)cc1)Cn1c2nc(=O)[nH]c(=O)c-2nc2cc(C(C)C)ccc21. The van der Waals surface area contributed by atoms with Gasteiger partial charge in [0.1, 0.15) is 11.0 Å². The van der Waals surface area contributed by atoms with Crippen LogP contribution in [0.25, 0.3) is 58.3 Å². The molecule has 25 heteroatoms. The molecular formula is C101H113ClN16O8. The molecule has 24 nitrogen and oxygen atoms in total. The van der Waals surface area contributed by atoms with Crippen LogP contribution in [0.5, 0.6) is 0 Å². The zero-order valence-electron chi connectivity index (χ0n) is 74.5. The van der Waals surface area contributed by atoms with Crippen LogP contribution in [0, 0.1) is 19.8 Å². The van der Waals surface area contributed by atoms with Crippen LogP contribution >= 0.6 is 11.6 Å². The largest absolute Gasteiger partial charge is 0.376 e. The summed E-state index contributed by atoms with van der Waals surface area (Å²) in [6, 6.07) is 58.1. The molecule has 10 aromatic rings. The van der Waals surface area contributed by atoms with E-state index in [9.17, 15) is 28.8 Å². The normalized spacial score (nSPS) is 12.8. The first-order valence-corrected chi connectivity index (χ1v) is 44.1. The molecule has 126 heavy (non-hydrogen) atoms. The van der Waals surface area contributed by atoms with Gasteiger partial charge in [-0.2, -0.15) is 9.97 Å². The topological polar surface area (TPSA) is 302 Å². The van der Waals surface area contributed by atoms with Crippen LogP contribution in [0.4, 0.5) is 34.4 Å². The summed E-state index contributed by atoms with van der Waals surface area (Å²) in [7, 11) is 0. The molecule has 16 rings (SSSR count). The van der Waals surface area contributed by atoms with Crippen molar-refractivity contribution in [3.8, 4) is 23.0 Å². The van der Waals surface area contributed by atoms with Crippen LogP contribution < -0.4 is 65.1 Å². The summed E-state index contributed by atoms with van der Waals surface area (Å²) in [4.78, 5) is 124. The number of nitrogens with zero attached hydrogens (tertiary/aromatic N) is 12. The van der Waals surface area contributed by atoms with Crippen molar-refractivity contribution < 1.29 is 9.47 Å². The van der Waals surface area contributed by atoms with Gasteiger partial charge < -0.3 is 38.4 Å². The number of benzene rings is 8. The lowest BCUT2D eigenvalue weighted by Gasteiger charge is -2.32. The van der Waals surface area contributed by atoms with Crippen molar-refractivity contribution in [2.45, 2.75) is 197 Å². The maximum atomic E-state index is 12.8. The van der Waals surface area contributed by atoms with Crippen LogP contribution in [0.15, 0.2) is 209 Å². The zero-order valence-corrected chi connectivity index (χ0v) is 75.3. The summed E-state index contributed by atoms with van der Waals surface area (Å²) < 4.78 is 16.3. The quantitative estimate of drug-likeness (QED) is 0.0348. The summed E-state index contributed by atoms with van der Waals surface area (Å²) in [5.74, 6) is 3.58. The predicted octanol–water partition coefficient (Wildman–Crippen LogP) is 16.2. The van der Waals surface area contributed by atoms with E-state index in [1.165, 1.54) is 38.9 Å². The number of hydrogen-bond donors (Lipinski definition) is 4. The summed E-state index contributed by atoms with van der Waals surface area (Å²) >= 11 is 6.09. The van der Waals surface area contributed by atoms with Gasteiger partial charge in [-0.05, 0) is 200 Å². The minimum absolute atomic E-state index is 0.137. The molecule has 0 aliphatic carbocycles. The molecule has 6 aliphatic heterocycles. The second-order valence-electron chi connectivity index (χ2n) is 34.0. The first kappa shape index (κ1) is 90.9. The van der Waals surface area contributed by atoms with Gasteiger partial charge in [-0.3, -0.25) is 29.1 Å². The van der Waals surface area contributed by atoms with Gasteiger partial charge in [0.25, 0.3) is 22.2 Å². The maximum Gasteiger partial charge on any atom is 0.349 e. The van der Waals surface area contributed by atoms with E-state index in [-0.39, 0.29) is 40.5 Å². The Morgan fingerprint density at radius 1 is 0.444 bits per heavy atom. The van der Waals surface area contributed by atoms with Crippen molar-refractivity contribution in [1.82, 2.24) is 59.0 Å². The fourth-order valence-corrected chi connectivity index (χ4v) is 15.9. The van der Waals surface area contributed by atoms with Gasteiger partial charge in [-0.15, -0.1) is 0 Å². The molecule has 0 radical (unpaired) electrons. The third-order valence-corrected chi connectivity index (χ3v) is 23.2. The first-order chi connectivity index (χ1) is 60.5. The Morgan fingerprint density at radius 2 is 0.905 bits per heavy atom. The number of fused-ring (bicyclic) bond motifs is 8. The van der Waals surface area contributed by atoms with Crippen molar-refractivity contribution in [2.75, 3.05) is 36.1 Å². The van der Waals surface area contributed by atoms with E-state index in [4.69, 9.17) is 21.1 Å². The summed E-state index contributed by atoms with van der Waals surface area (Å²) in [5, 5.41) is 1.37. The monoisotopic (exact) mass is 1710 g/mol. The lowest BCUT2D eigenvalue weighted by atomic mass is 9.98. The van der Waals surface area contributed by atoms with Crippen LogP contribution in [0.1, 0.15) is 187 Å². The minimum atomic E-state index is -0.678. The van der Waals surface area contributed by atoms with E-state index >= 15 is 0 Å². The molecule has 8 aromatic carbocycles. The average Bonchev–Trinajstić information content (AvgIpc) is 0.771. The molecule has 0 spiro atoms. The average molecular weight is 1710 g/mol. The molecule has 2 aromatic heterocycles. The maximum absolute atomic E-state index is 12.8. The molecule has 3 unspecified atom stereocenters. The molecule has 0 fully saturated rings. The second-order valence-corrected chi connectivity index (χ2v) is 34.4. The lowest BCUT2D eigenvalue weighted by molar-refractivity contribution is 0.0416. The standard InChI is InChI=1S/C27H31ClN4O2.C25H28N4O3.C25H28N4O.C24H26N4O2/c1-16(2)15-34-22(12-19-6-9-21(28)10-7-19)14-32-24-11-8-20(17(3)4)13-23(24)31-25-26(32)29-18(5)30-27(25)33;1-5-32-19(12-17-8-6-16(4)7-9-17)14-29-21-11-10-18(15(2)3)13-20(21)26-22-23(29)27-25(31)28-24(22)30;1-5-18-9-6-7-10-19(18)11-8-14-29-22-13-12-20(16(2)3)15-21(22)28-23-24(29)26-17(4)27-25(23)30;1-4-16(3)18-11-12-20-19(14-18)25-21-22(26-24(30)27-23(21)29)28(20)13-5-6-17-9-7-15(2)8-10-17/h6-11,13,16-17,22H,5,12,14-15H2,1-4H3,(H,30,33);6-11,13,15,19H,5,12,14H2,1-4H3,(H,28,30,31);6-7,9-10,12-13,15-16H,4-5,8,11,14H2,1-3H3,(H,27,30);7-12,14,16H,4-6,13H2,1-3H3,(H,27,29,30). The van der Waals surface area contributed by atoms with Crippen molar-refractivity contribution >= 4 is 81.2 Å². The highest BCUT2D eigenvalue weighted by molar-refractivity contribution is 6.30. The Labute approximate surface area is 737 Å². The van der Waals surface area contributed by atoms with E-state index < -0.39 is 22.5 Å². The number of aromatic nitrogens is 12. The van der Waals surface area contributed by atoms with Gasteiger partial charge in [-0.25, -0.2) is 39.5 Å². The zero-order chi connectivity index (χ0) is 89.7. The smallest absolute Gasteiger partial charge is 0.349 e. The Balaban J connectivity index is 0.000000144. The van der Waals surface area contributed by atoms with Crippen molar-refractivity contribution in [2.24, 2.45) is 15.9 Å². The molecule has 652 valence electrons. The lowest BCUT2D eigenvalue weighted by Crippen LogP contribution is -2.45. The van der Waals surface area contributed by atoms with E-state index in [1.54, 1.807) is 0 Å². The van der Waals surface area contributed by atoms with E-state index in [2.05, 4.69) is 289 Å². The highest BCUT2D eigenvalue weighted by Gasteiger charge is 2.30. The predicted molar refractivity (Wildman–Crippen MR) is 505 cm³/mol. The van der Waals surface area contributed by atoms with Crippen molar-refractivity contribution in [1.29, 1.82) is 0 Å². The minimum Gasteiger partial charge on any atom is -0.376 e. The molecular weight excluding hydrogens is 1600 g/mol. The summed E-state index contributed by atoms with van der Waals surface area (Å²) in [5.41, 5.74) is 18.2. The van der Waals surface area contributed by atoms with Gasteiger partial charge >= 0.3 is 11.4 Å². The number of halogens is 1. The molecule has 8 heterocycles. The van der Waals surface area contributed by atoms with Gasteiger partial charge in [0.05, 0.1) is 70.1 Å². The number of H-pyrrole nitrogens is 4. The number of aryl methyl sites for hydroxylation is 6. The van der Waals surface area contributed by atoms with E-state index in [1.807, 2.05) is 69.5 Å². The Morgan fingerprint density at radius 3 is 1.43 bits per heavy atom. The van der Waals surface area contributed by atoms with E-state index in [0.29, 0.717) is 125 Å². The third-order valence-electron chi connectivity index (χ3n) is 23.0. The molecule has 0 saturated carbocycles. The highest BCUT2D eigenvalue weighted by Crippen LogP contribution is 2.40. The Hall–Kier alpha value is -12.8. The number of anilines is 4. The van der Waals surface area contributed by atoms with Crippen molar-refractivity contribution in [3.63, 3.8) is 0 Å². The fraction of sp³-hybridized carbons (Fsp3) is 0.347.